The Labute approximate surface area is 115 Å². The second-order valence-electron chi connectivity index (χ2n) is 4.96. The van der Waals surface area contributed by atoms with Gasteiger partial charge < -0.3 is 4.90 Å². The van der Waals surface area contributed by atoms with Gasteiger partial charge in [-0.25, -0.2) is 4.98 Å². The number of H-pyrrole nitrogens is 1. The molecule has 1 amide bonds. The molecule has 0 saturated carbocycles. The van der Waals surface area contributed by atoms with Gasteiger partial charge in [-0.1, -0.05) is 0 Å². The number of pyridine rings is 1. The van der Waals surface area contributed by atoms with Crippen LogP contribution in [0.2, 0.25) is 0 Å². The highest BCUT2D eigenvalue weighted by Gasteiger charge is 2.26. The van der Waals surface area contributed by atoms with E-state index in [1.807, 2.05) is 23.2 Å². The highest BCUT2D eigenvalue weighted by Crippen LogP contribution is 2.18. The second-order valence-corrected chi connectivity index (χ2v) is 4.96. The van der Waals surface area contributed by atoms with E-state index in [1.165, 1.54) is 6.42 Å². The molecular formula is C15H24N3O+. The largest absolute Gasteiger partial charge is 0.338 e. The Balaban J connectivity index is 2.25. The highest BCUT2D eigenvalue weighted by molar-refractivity contribution is 5.98. The molecule has 1 fully saturated rings. The first-order valence-corrected chi connectivity index (χ1v) is 7.32. The zero-order valence-electron chi connectivity index (χ0n) is 12.0. The van der Waals surface area contributed by atoms with Gasteiger partial charge in [0.1, 0.15) is 5.56 Å². The fourth-order valence-corrected chi connectivity index (χ4v) is 2.67. The Morgan fingerprint density at radius 2 is 1.95 bits per heavy atom. The SMILES string of the molecule is CCN(CC)c1[nH+]cccc1C(=O)N1CCCCC1. The van der Waals surface area contributed by atoms with Crippen molar-refractivity contribution in [3.63, 3.8) is 0 Å². The van der Waals surface area contributed by atoms with E-state index in [2.05, 4.69) is 23.7 Å². The number of nitrogens with one attached hydrogen (secondary N) is 1. The molecule has 2 rings (SSSR count). The third-order valence-electron chi connectivity index (χ3n) is 3.79. The Kier molecular flexibility index (Phi) is 4.77. The lowest BCUT2D eigenvalue weighted by Crippen LogP contribution is -2.38. The zero-order valence-corrected chi connectivity index (χ0v) is 12.0. The van der Waals surface area contributed by atoms with Crippen molar-refractivity contribution in [3.8, 4) is 0 Å². The first-order chi connectivity index (χ1) is 9.27. The summed E-state index contributed by atoms with van der Waals surface area (Å²) in [4.78, 5) is 20.1. The lowest BCUT2D eigenvalue weighted by Gasteiger charge is -2.27. The molecule has 0 radical (unpaired) electrons. The lowest BCUT2D eigenvalue weighted by molar-refractivity contribution is -0.364. The minimum Gasteiger partial charge on any atom is -0.338 e. The predicted octanol–water partition coefficient (Wildman–Crippen LogP) is 1.97. The van der Waals surface area contributed by atoms with Crippen molar-refractivity contribution in [2.45, 2.75) is 33.1 Å². The van der Waals surface area contributed by atoms with Crippen molar-refractivity contribution in [3.05, 3.63) is 23.9 Å². The maximum Gasteiger partial charge on any atom is 0.287 e. The molecule has 1 aliphatic heterocycles. The average molecular weight is 262 g/mol. The third kappa shape index (κ3) is 3.06. The molecule has 1 saturated heterocycles. The van der Waals surface area contributed by atoms with Crippen LogP contribution in [-0.4, -0.2) is 37.0 Å². The van der Waals surface area contributed by atoms with Gasteiger partial charge in [-0.15, -0.1) is 0 Å². The van der Waals surface area contributed by atoms with Gasteiger partial charge in [0.25, 0.3) is 11.7 Å². The number of nitrogens with zero attached hydrogens (tertiary/aromatic N) is 2. The van der Waals surface area contributed by atoms with Gasteiger partial charge >= 0.3 is 0 Å². The van der Waals surface area contributed by atoms with Crippen LogP contribution in [-0.2, 0) is 0 Å². The Morgan fingerprint density at radius 3 is 2.58 bits per heavy atom. The van der Waals surface area contributed by atoms with Crippen molar-refractivity contribution in [1.82, 2.24) is 4.90 Å². The van der Waals surface area contributed by atoms with Gasteiger partial charge in [-0.2, -0.15) is 0 Å². The van der Waals surface area contributed by atoms with Crippen molar-refractivity contribution in [1.29, 1.82) is 0 Å². The molecule has 19 heavy (non-hydrogen) atoms. The number of amides is 1. The number of rotatable bonds is 4. The molecular weight excluding hydrogens is 238 g/mol. The van der Waals surface area contributed by atoms with Crippen LogP contribution >= 0.6 is 0 Å². The summed E-state index contributed by atoms with van der Waals surface area (Å²) in [6.07, 6.45) is 5.39. The van der Waals surface area contributed by atoms with Crippen LogP contribution in [0.5, 0.6) is 0 Å². The summed E-state index contributed by atoms with van der Waals surface area (Å²) in [5.74, 6) is 1.11. The normalized spacial score (nSPS) is 15.4. The van der Waals surface area contributed by atoms with Crippen LogP contribution in [0.3, 0.4) is 0 Å². The molecule has 1 aromatic rings. The van der Waals surface area contributed by atoms with Gasteiger partial charge in [0, 0.05) is 13.1 Å². The maximum absolute atomic E-state index is 12.6. The topological polar surface area (TPSA) is 37.7 Å². The van der Waals surface area contributed by atoms with E-state index in [4.69, 9.17) is 0 Å². The highest BCUT2D eigenvalue weighted by atomic mass is 16.2. The van der Waals surface area contributed by atoms with Crippen LogP contribution in [0, 0.1) is 0 Å². The molecule has 2 heterocycles. The van der Waals surface area contributed by atoms with E-state index >= 15 is 0 Å². The second kappa shape index (κ2) is 6.55. The summed E-state index contributed by atoms with van der Waals surface area (Å²) in [6.45, 7) is 7.81. The lowest BCUT2D eigenvalue weighted by atomic mass is 10.1. The molecule has 0 aliphatic carbocycles. The molecule has 0 aromatic carbocycles. The van der Waals surface area contributed by atoms with Crippen LogP contribution in [0.4, 0.5) is 5.82 Å². The Bertz CT molecular complexity index is 423. The fraction of sp³-hybridized carbons (Fsp3) is 0.600. The molecule has 4 nitrogen and oxygen atoms in total. The number of likely N-dealkylation sites (tertiary alicyclic amines) is 1. The summed E-state index contributed by atoms with van der Waals surface area (Å²) in [7, 11) is 0. The quantitative estimate of drug-likeness (QED) is 0.832. The van der Waals surface area contributed by atoms with E-state index in [0.717, 1.165) is 50.4 Å². The van der Waals surface area contributed by atoms with Crippen molar-refractivity contribution >= 4 is 11.7 Å². The third-order valence-corrected chi connectivity index (χ3v) is 3.79. The number of hydrogen-bond acceptors (Lipinski definition) is 2. The van der Waals surface area contributed by atoms with Gasteiger partial charge in [0.2, 0.25) is 0 Å². The number of piperidine rings is 1. The van der Waals surface area contributed by atoms with Crippen LogP contribution < -0.4 is 9.88 Å². The van der Waals surface area contributed by atoms with Gasteiger partial charge in [-0.3, -0.25) is 9.69 Å². The molecule has 0 unspecified atom stereocenters. The molecule has 1 N–H and O–H groups in total. The van der Waals surface area contributed by atoms with Gasteiger partial charge in [0.05, 0.1) is 19.3 Å². The molecule has 0 bridgehead atoms. The maximum atomic E-state index is 12.6. The Hall–Kier alpha value is -1.58. The Morgan fingerprint density at radius 1 is 1.26 bits per heavy atom. The predicted molar refractivity (Wildman–Crippen MR) is 76.3 cm³/mol. The molecule has 1 aromatic heterocycles. The molecule has 104 valence electrons. The molecule has 1 aliphatic rings. The number of carbonyl (C=O) groups is 1. The van der Waals surface area contributed by atoms with Gasteiger partial charge in [0.15, 0.2) is 0 Å². The van der Waals surface area contributed by atoms with Crippen LogP contribution in [0.15, 0.2) is 18.3 Å². The van der Waals surface area contributed by atoms with Crippen molar-refractivity contribution in [2.75, 3.05) is 31.1 Å². The van der Waals surface area contributed by atoms with E-state index in [1.54, 1.807) is 0 Å². The van der Waals surface area contributed by atoms with E-state index in [0.29, 0.717) is 0 Å². The van der Waals surface area contributed by atoms with E-state index in [-0.39, 0.29) is 5.91 Å². The number of aromatic nitrogens is 1. The number of carbonyl (C=O) groups excluding carboxylic acids is 1. The van der Waals surface area contributed by atoms with E-state index in [9.17, 15) is 4.79 Å². The fourth-order valence-electron chi connectivity index (χ4n) is 2.67. The zero-order chi connectivity index (χ0) is 13.7. The van der Waals surface area contributed by atoms with Crippen LogP contribution in [0.25, 0.3) is 0 Å². The first kappa shape index (κ1) is 13.8. The number of hydrogen-bond donors (Lipinski definition) is 0. The average Bonchev–Trinajstić information content (AvgIpc) is 2.49. The minimum atomic E-state index is 0.165. The van der Waals surface area contributed by atoms with Crippen LogP contribution in [0.1, 0.15) is 43.5 Å². The summed E-state index contributed by atoms with van der Waals surface area (Å²) < 4.78 is 0. The summed E-state index contributed by atoms with van der Waals surface area (Å²) in [5, 5.41) is 0. The standard InChI is InChI=1S/C15H23N3O/c1-3-17(4-2)14-13(9-8-10-16-14)15(19)18-11-6-5-7-12-18/h8-10H,3-7,11-12H2,1-2H3/p+1. The summed E-state index contributed by atoms with van der Waals surface area (Å²) in [6, 6.07) is 3.84. The van der Waals surface area contributed by atoms with Crippen molar-refractivity contribution in [2.24, 2.45) is 0 Å². The first-order valence-electron chi connectivity index (χ1n) is 7.32. The molecule has 0 atom stereocenters. The molecule has 4 heteroatoms. The monoisotopic (exact) mass is 262 g/mol. The van der Waals surface area contributed by atoms with Crippen molar-refractivity contribution < 1.29 is 9.78 Å². The minimum absolute atomic E-state index is 0.165. The molecule has 0 spiro atoms. The summed E-state index contributed by atoms with van der Waals surface area (Å²) in [5.41, 5.74) is 0.799. The summed E-state index contributed by atoms with van der Waals surface area (Å²) >= 11 is 0. The smallest absolute Gasteiger partial charge is 0.287 e. The number of anilines is 1. The van der Waals surface area contributed by atoms with Gasteiger partial charge in [-0.05, 0) is 45.2 Å². The van der Waals surface area contributed by atoms with E-state index < -0.39 is 0 Å². The number of aromatic amines is 1.